The Morgan fingerprint density at radius 3 is 2.69 bits per heavy atom. The van der Waals surface area contributed by atoms with Crippen molar-refractivity contribution in [2.75, 3.05) is 42.9 Å². The lowest BCUT2D eigenvalue weighted by atomic mass is 9.99. The third-order valence-electron chi connectivity index (χ3n) is 6.41. The lowest BCUT2D eigenvalue weighted by Crippen LogP contribution is -2.48. The highest BCUT2D eigenvalue weighted by Gasteiger charge is 2.44. The first kappa shape index (κ1) is 23.3. The highest BCUT2D eigenvalue weighted by molar-refractivity contribution is 6.09. The van der Waals surface area contributed by atoms with Crippen molar-refractivity contribution in [2.24, 2.45) is 0 Å². The molecule has 2 aliphatic heterocycles. The van der Waals surface area contributed by atoms with Crippen LogP contribution in [-0.4, -0.2) is 76.6 Å². The topological polar surface area (TPSA) is 75.0 Å². The van der Waals surface area contributed by atoms with Gasteiger partial charge in [-0.2, -0.15) is 5.10 Å². The number of ether oxygens (including phenoxy) is 1. The smallest absolute Gasteiger partial charge is 0.277 e. The van der Waals surface area contributed by atoms with Gasteiger partial charge in [-0.3, -0.25) is 9.69 Å². The van der Waals surface area contributed by atoms with Gasteiger partial charge in [0, 0.05) is 56.6 Å². The van der Waals surface area contributed by atoms with Crippen LogP contribution in [0.25, 0.3) is 5.65 Å². The van der Waals surface area contributed by atoms with E-state index in [9.17, 15) is 22.4 Å². The van der Waals surface area contributed by atoms with Crippen molar-refractivity contribution < 1.29 is 27.1 Å². The number of amides is 1. The summed E-state index contributed by atoms with van der Waals surface area (Å²) in [5.74, 6) is -0.125. The van der Waals surface area contributed by atoms with E-state index in [2.05, 4.69) is 15.4 Å². The van der Waals surface area contributed by atoms with Crippen LogP contribution in [0.4, 0.5) is 28.9 Å². The molecule has 1 N–H and O–H groups in total. The van der Waals surface area contributed by atoms with Crippen molar-refractivity contribution in [3.05, 3.63) is 47.9 Å². The van der Waals surface area contributed by atoms with Crippen LogP contribution < -0.4 is 15.0 Å². The summed E-state index contributed by atoms with van der Waals surface area (Å²) in [5.41, 5.74) is 0.533. The normalized spacial score (nSPS) is 20.5. The maximum absolute atomic E-state index is 13.6. The molecule has 2 aliphatic rings. The van der Waals surface area contributed by atoms with Gasteiger partial charge in [-0.1, -0.05) is 0 Å². The Morgan fingerprint density at radius 2 is 1.97 bits per heavy atom. The molecule has 3 aromatic rings. The number of piperazine rings is 1. The molecule has 1 saturated heterocycles. The number of nitrogens with one attached hydrogen (secondary N) is 1. The van der Waals surface area contributed by atoms with E-state index in [0.29, 0.717) is 54.5 Å². The molecule has 0 spiro atoms. The number of hydrogen-bond acceptors (Lipinski definition) is 6. The van der Waals surface area contributed by atoms with E-state index in [1.807, 2.05) is 4.90 Å². The lowest BCUT2D eigenvalue weighted by molar-refractivity contribution is -0.0498. The van der Waals surface area contributed by atoms with Crippen molar-refractivity contribution in [2.45, 2.75) is 31.8 Å². The molecule has 8 nitrogen and oxygen atoms in total. The van der Waals surface area contributed by atoms with Gasteiger partial charge in [0.25, 0.3) is 18.8 Å². The Labute approximate surface area is 198 Å². The van der Waals surface area contributed by atoms with Crippen molar-refractivity contribution in [1.82, 2.24) is 19.5 Å². The molecule has 0 aliphatic carbocycles. The van der Waals surface area contributed by atoms with Crippen molar-refractivity contribution in [1.29, 1.82) is 0 Å². The fourth-order valence-corrected chi connectivity index (χ4v) is 4.54. The molecule has 1 unspecified atom stereocenters. The van der Waals surface area contributed by atoms with E-state index < -0.39 is 24.4 Å². The van der Waals surface area contributed by atoms with Crippen LogP contribution in [0.1, 0.15) is 22.8 Å². The van der Waals surface area contributed by atoms with Gasteiger partial charge in [-0.25, -0.2) is 27.1 Å². The fraction of sp³-hybridized carbons (Fsp3) is 0.435. The number of halogens is 4. The number of carbonyl (C=O) groups is 1. The van der Waals surface area contributed by atoms with Crippen LogP contribution in [0.3, 0.4) is 0 Å². The number of rotatable bonds is 6. The van der Waals surface area contributed by atoms with Crippen LogP contribution in [0.15, 0.2) is 36.8 Å². The highest BCUT2D eigenvalue weighted by Crippen LogP contribution is 2.44. The quantitative estimate of drug-likeness (QED) is 0.533. The molecule has 0 radical (unpaired) electrons. The number of benzene rings is 1. The molecule has 1 atom stereocenters. The van der Waals surface area contributed by atoms with Crippen LogP contribution >= 0.6 is 0 Å². The molecule has 2 aromatic heterocycles. The predicted molar refractivity (Wildman–Crippen MR) is 121 cm³/mol. The van der Waals surface area contributed by atoms with Gasteiger partial charge in [0.2, 0.25) is 0 Å². The number of nitrogens with zero attached hydrogens (tertiary/aromatic N) is 5. The van der Waals surface area contributed by atoms with Crippen LogP contribution in [0.2, 0.25) is 0 Å². The minimum Gasteiger partial charge on any atom is -0.481 e. The number of anilines is 2. The first-order chi connectivity index (χ1) is 16.7. The second-order valence-corrected chi connectivity index (χ2v) is 8.95. The molecule has 1 fully saturated rings. The standard InChI is InChI=1S/C23H24F4N6O2/c1-23(22(26)27)11-14-9-16(30-21(34)15-12-29-33-4-2-3-28-20(15)33)17(10-18(14)35-23)32-7-5-31(6-8-32)13-19(24)25/h2-4,9-10,12,19,22H,5-8,11,13H2,1H3,(H,30,34). The molecular weight excluding hydrogens is 468 g/mol. The molecule has 1 amide bonds. The van der Waals surface area contributed by atoms with Gasteiger partial charge in [0.15, 0.2) is 11.2 Å². The highest BCUT2D eigenvalue weighted by atomic mass is 19.3. The molecule has 0 saturated carbocycles. The van der Waals surface area contributed by atoms with Gasteiger partial charge >= 0.3 is 0 Å². The Kier molecular flexibility index (Phi) is 5.99. The van der Waals surface area contributed by atoms with E-state index in [4.69, 9.17) is 4.74 Å². The summed E-state index contributed by atoms with van der Waals surface area (Å²) in [6.45, 7) is 2.71. The Balaban J connectivity index is 1.46. The summed E-state index contributed by atoms with van der Waals surface area (Å²) in [6.07, 6.45) is -0.499. The van der Waals surface area contributed by atoms with Crippen molar-refractivity contribution in [3.63, 3.8) is 0 Å². The van der Waals surface area contributed by atoms with Crippen LogP contribution in [0.5, 0.6) is 5.75 Å². The van der Waals surface area contributed by atoms with Gasteiger partial charge in [-0.05, 0) is 19.1 Å². The third kappa shape index (κ3) is 4.49. The molecule has 5 rings (SSSR count). The molecule has 12 heteroatoms. The molecular formula is C23H24F4N6O2. The minimum atomic E-state index is -2.70. The zero-order chi connectivity index (χ0) is 24.7. The monoisotopic (exact) mass is 492 g/mol. The second kappa shape index (κ2) is 8.99. The number of alkyl halides is 4. The first-order valence-electron chi connectivity index (χ1n) is 11.2. The van der Waals surface area contributed by atoms with E-state index in [1.54, 1.807) is 35.5 Å². The SMILES string of the molecule is CC1(C(F)F)Cc2cc(NC(=O)c3cnn4cccnc34)c(N3CCN(CC(F)F)CC3)cc2O1. The fourth-order valence-electron chi connectivity index (χ4n) is 4.54. The minimum absolute atomic E-state index is 0.0103. The lowest BCUT2D eigenvalue weighted by Gasteiger charge is -2.37. The largest absolute Gasteiger partial charge is 0.481 e. The number of carbonyl (C=O) groups excluding carboxylic acids is 1. The molecule has 1 aromatic carbocycles. The predicted octanol–water partition coefficient (Wildman–Crippen LogP) is 3.33. The summed E-state index contributed by atoms with van der Waals surface area (Å²) in [4.78, 5) is 21.0. The van der Waals surface area contributed by atoms with Crippen molar-refractivity contribution >= 4 is 22.9 Å². The number of fused-ring (bicyclic) bond motifs is 2. The molecule has 0 bridgehead atoms. The van der Waals surface area contributed by atoms with Crippen LogP contribution in [-0.2, 0) is 6.42 Å². The van der Waals surface area contributed by atoms with Gasteiger partial charge in [0.05, 0.1) is 24.1 Å². The number of hydrogen-bond donors (Lipinski definition) is 1. The molecule has 4 heterocycles. The van der Waals surface area contributed by atoms with Crippen molar-refractivity contribution in [3.8, 4) is 5.75 Å². The van der Waals surface area contributed by atoms with E-state index in [1.165, 1.54) is 17.6 Å². The first-order valence-corrected chi connectivity index (χ1v) is 11.2. The average molecular weight is 492 g/mol. The van der Waals surface area contributed by atoms with Gasteiger partial charge in [0.1, 0.15) is 11.3 Å². The van der Waals surface area contributed by atoms with E-state index >= 15 is 0 Å². The van der Waals surface area contributed by atoms with Crippen LogP contribution in [0, 0.1) is 0 Å². The summed E-state index contributed by atoms with van der Waals surface area (Å²) in [7, 11) is 0. The summed E-state index contributed by atoms with van der Waals surface area (Å²) in [5, 5.41) is 7.02. The Morgan fingerprint density at radius 1 is 1.20 bits per heavy atom. The summed E-state index contributed by atoms with van der Waals surface area (Å²) < 4.78 is 60.0. The maximum Gasteiger partial charge on any atom is 0.277 e. The van der Waals surface area contributed by atoms with Gasteiger partial charge in [-0.15, -0.1) is 0 Å². The van der Waals surface area contributed by atoms with Gasteiger partial charge < -0.3 is 15.0 Å². The average Bonchev–Trinajstić information content (AvgIpc) is 3.40. The van der Waals surface area contributed by atoms with E-state index in [0.717, 1.165) is 0 Å². The second-order valence-electron chi connectivity index (χ2n) is 8.95. The zero-order valence-corrected chi connectivity index (χ0v) is 18.9. The summed E-state index contributed by atoms with van der Waals surface area (Å²) >= 11 is 0. The number of aromatic nitrogens is 3. The maximum atomic E-state index is 13.6. The molecule has 186 valence electrons. The Bertz CT molecular complexity index is 1240. The zero-order valence-electron chi connectivity index (χ0n) is 18.9. The molecule has 35 heavy (non-hydrogen) atoms. The third-order valence-corrected chi connectivity index (χ3v) is 6.41. The Hall–Kier alpha value is -3.41. The summed E-state index contributed by atoms with van der Waals surface area (Å²) in [6, 6.07) is 4.99. The van der Waals surface area contributed by atoms with E-state index in [-0.39, 0.29) is 18.5 Å².